The summed E-state index contributed by atoms with van der Waals surface area (Å²) in [5.41, 5.74) is 1.67. The molecule has 0 bridgehead atoms. The van der Waals surface area contributed by atoms with E-state index in [0.29, 0.717) is 27.9 Å². The summed E-state index contributed by atoms with van der Waals surface area (Å²) in [5.74, 6) is 0.112. The fourth-order valence-electron chi connectivity index (χ4n) is 1.82. The van der Waals surface area contributed by atoms with Crippen LogP contribution in [0.5, 0.6) is 5.75 Å². The molecule has 2 aromatic carbocycles. The second-order valence-corrected chi connectivity index (χ2v) is 5.43. The predicted molar refractivity (Wildman–Crippen MR) is 87.8 cm³/mol. The summed E-state index contributed by atoms with van der Waals surface area (Å²) in [7, 11) is 0. The summed E-state index contributed by atoms with van der Waals surface area (Å²) in [5, 5.41) is 12.4. The fourth-order valence-corrected chi connectivity index (χ4v) is 2.28. The minimum atomic E-state index is -0.291. The van der Waals surface area contributed by atoms with Gasteiger partial charge >= 0.3 is 0 Å². The molecular formula is C16H15Cl2NO3. The number of hydrogen-bond donors (Lipinski definition) is 2. The van der Waals surface area contributed by atoms with E-state index in [2.05, 4.69) is 5.32 Å². The normalized spacial score (nSPS) is 10.3. The zero-order valence-corrected chi connectivity index (χ0v) is 13.2. The Morgan fingerprint density at radius 1 is 1.14 bits per heavy atom. The summed E-state index contributed by atoms with van der Waals surface area (Å²) >= 11 is 11.7. The molecule has 0 aliphatic heterocycles. The van der Waals surface area contributed by atoms with Gasteiger partial charge in [0.1, 0.15) is 5.75 Å². The Kier molecular flexibility index (Phi) is 6.07. The van der Waals surface area contributed by atoms with Crippen molar-refractivity contribution in [2.24, 2.45) is 0 Å². The number of ether oxygens (including phenoxy) is 1. The largest absolute Gasteiger partial charge is 0.482 e. The summed E-state index contributed by atoms with van der Waals surface area (Å²) in [4.78, 5) is 11.8. The van der Waals surface area contributed by atoms with Gasteiger partial charge in [-0.25, -0.2) is 0 Å². The highest BCUT2D eigenvalue weighted by Gasteiger charge is 2.07. The number of nitrogens with one attached hydrogen (secondary N) is 1. The van der Waals surface area contributed by atoms with Gasteiger partial charge < -0.3 is 15.2 Å². The van der Waals surface area contributed by atoms with E-state index in [4.69, 9.17) is 33.0 Å². The van der Waals surface area contributed by atoms with Gasteiger partial charge in [0.05, 0.1) is 5.02 Å². The van der Waals surface area contributed by atoms with Crippen LogP contribution in [0.25, 0.3) is 0 Å². The van der Waals surface area contributed by atoms with E-state index in [1.54, 1.807) is 30.3 Å². The molecule has 2 aromatic rings. The highest BCUT2D eigenvalue weighted by Crippen LogP contribution is 2.27. The van der Waals surface area contributed by atoms with Crippen LogP contribution in [0.15, 0.2) is 42.5 Å². The van der Waals surface area contributed by atoms with Gasteiger partial charge in [0.15, 0.2) is 6.61 Å². The molecule has 1 amide bonds. The number of benzene rings is 2. The molecule has 0 saturated heterocycles. The second kappa shape index (κ2) is 8.03. The lowest BCUT2D eigenvalue weighted by Gasteiger charge is -2.09. The number of hydrogen-bond acceptors (Lipinski definition) is 3. The van der Waals surface area contributed by atoms with Crippen LogP contribution >= 0.6 is 23.2 Å². The number of carbonyl (C=O) groups excluding carboxylic acids is 1. The average Bonchev–Trinajstić information content (AvgIpc) is 2.49. The number of aliphatic hydroxyl groups is 1. The molecule has 116 valence electrons. The molecule has 0 saturated carbocycles. The van der Waals surface area contributed by atoms with E-state index in [0.717, 1.165) is 5.56 Å². The van der Waals surface area contributed by atoms with Gasteiger partial charge in [0.2, 0.25) is 0 Å². The zero-order chi connectivity index (χ0) is 15.9. The quantitative estimate of drug-likeness (QED) is 0.846. The fraction of sp³-hybridized carbons (Fsp3) is 0.188. The van der Waals surface area contributed by atoms with E-state index in [9.17, 15) is 4.79 Å². The first kappa shape index (κ1) is 16.6. The minimum Gasteiger partial charge on any atom is -0.482 e. The average molecular weight is 340 g/mol. The molecule has 22 heavy (non-hydrogen) atoms. The highest BCUT2D eigenvalue weighted by atomic mass is 35.5. The van der Waals surface area contributed by atoms with Gasteiger partial charge in [0, 0.05) is 17.3 Å². The number of rotatable bonds is 6. The summed E-state index contributed by atoms with van der Waals surface area (Å²) in [6.07, 6.45) is 0.590. The van der Waals surface area contributed by atoms with E-state index in [1.807, 2.05) is 12.1 Å². The molecule has 4 nitrogen and oxygen atoms in total. The van der Waals surface area contributed by atoms with Gasteiger partial charge in [-0.2, -0.15) is 0 Å². The van der Waals surface area contributed by atoms with Gasteiger partial charge in [-0.15, -0.1) is 0 Å². The van der Waals surface area contributed by atoms with Crippen LogP contribution in [0.1, 0.15) is 5.56 Å². The number of aliphatic hydroxyl groups excluding tert-OH is 1. The maximum absolute atomic E-state index is 11.8. The molecule has 0 fully saturated rings. The standard InChI is InChI=1S/C16H15Cl2NO3/c17-12-3-6-15(14(18)9-12)22-10-16(21)19-13-4-1-11(2-5-13)7-8-20/h1-6,9,20H,7-8,10H2,(H,19,21). The van der Waals surface area contributed by atoms with Crippen molar-refractivity contribution < 1.29 is 14.6 Å². The second-order valence-electron chi connectivity index (χ2n) is 4.58. The first-order chi connectivity index (χ1) is 10.6. The van der Waals surface area contributed by atoms with Crippen LogP contribution in [0, 0.1) is 0 Å². The monoisotopic (exact) mass is 339 g/mol. The maximum atomic E-state index is 11.8. The van der Waals surface area contributed by atoms with Crippen molar-refractivity contribution >= 4 is 34.8 Å². The third kappa shape index (κ3) is 4.91. The highest BCUT2D eigenvalue weighted by molar-refractivity contribution is 6.35. The van der Waals surface area contributed by atoms with E-state index >= 15 is 0 Å². The molecule has 2 rings (SSSR count). The van der Waals surface area contributed by atoms with Crippen molar-refractivity contribution in [3.05, 3.63) is 58.1 Å². The van der Waals surface area contributed by atoms with E-state index < -0.39 is 0 Å². The summed E-state index contributed by atoms with van der Waals surface area (Å²) in [6.45, 7) is -0.0544. The third-order valence-corrected chi connectivity index (χ3v) is 3.42. The SMILES string of the molecule is O=C(COc1ccc(Cl)cc1Cl)Nc1ccc(CCO)cc1. The number of halogens is 2. The molecule has 0 spiro atoms. The Labute approximate surface area is 138 Å². The van der Waals surface area contributed by atoms with Crippen molar-refractivity contribution in [3.8, 4) is 5.75 Å². The molecule has 2 N–H and O–H groups in total. The zero-order valence-electron chi connectivity index (χ0n) is 11.7. The first-order valence-electron chi connectivity index (χ1n) is 6.66. The molecular weight excluding hydrogens is 325 g/mol. The number of anilines is 1. The third-order valence-electron chi connectivity index (χ3n) is 2.89. The van der Waals surface area contributed by atoms with Gasteiger partial charge in [-0.1, -0.05) is 35.3 Å². The van der Waals surface area contributed by atoms with Crippen LogP contribution in [0.3, 0.4) is 0 Å². The van der Waals surface area contributed by atoms with Gasteiger partial charge in [-0.3, -0.25) is 4.79 Å². The Hall–Kier alpha value is -1.75. The van der Waals surface area contributed by atoms with Crippen molar-refractivity contribution in [2.75, 3.05) is 18.5 Å². The smallest absolute Gasteiger partial charge is 0.262 e. The molecule has 0 aliphatic rings. The number of amides is 1. The van der Waals surface area contributed by atoms with Gasteiger partial charge in [-0.05, 0) is 42.3 Å². The minimum absolute atomic E-state index is 0.0986. The van der Waals surface area contributed by atoms with Crippen LogP contribution in [0.2, 0.25) is 10.0 Å². The van der Waals surface area contributed by atoms with E-state index in [-0.39, 0.29) is 19.1 Å². The molecule has 0 aromatic heterocycles. The Morgan fingerprint density at radius 3 is 2.50 bits per heavy atom. The Bertz CT molecular complexity index is 644. The van der Waals surface area contributed by atoms with Crippen LogP contribution < -0.4 is 10.1 Å². The van der Waals surface area contributed by atoms with Crippen molar-refractivity contribution in [3.63, 3.8) is 0 Å². The molecule has 6 heteroatoms. The summed E-state index contributed by atoms with van der Waals surface area (Å²) < 4.78 is 5.35. The van der Waals surface area contributed by atoms with Crippen molar-refractivity contribution in [1.82, 2.24) is 0 Å². The Morgan fingerprint density at radius 2 is 1.86 bits per heavy atom. The maximum Gasteiger partial charge on any atom is 0.262 e. The molecule has 0 atom stereocenters. The number of carbonyl (C=O) groups is 1. The topological polar surface area (TPSA) is 58.6 Å². The lowest BCUT2D eigenvalue weighted by atomic mass is 10.1. The first-order valence-corrected chi connectivity index (χ1v) is 7.41. The molecule has 0 radical (unpaired) electrons. The molecule has 0 heterocycles. The molecule has 0 unspecified atom stereocenters. The summed E-state index contributed by atoms with van der Waals surface area (Å²) in [6, 6.07) is 12.1. The lowest BCUT2D eigenvalue weighted by Crippen LogP contribution is -2.20. The van der Waals surface area contributed by atoms with Gasteiger partial charge in [0.25, 0.3) is 5.91 Å². The molecule has 0 aliphatic carbocycles. The lowest BCUT2D eigenvalue weighted by molar-refractivity contribution is -0.118. The van der Waals surface area contributed by atoms with Crippen molar-refractivity contribution in [2.45, 2.75) is 6.42 Å². The predicted octanol–water partition coefficient (Wildman–Crippen LogP) is 3.55. The van der Waals surface area contributed by atoms with Crippen molar-refractivity contribution in [1.29, 1.82) is 0 Å². The van der Waals surface area contributed by atoms with E-state index in [1.165, 1.54) is 0 Å². The van der Waals surface area contributed by atoms with Crippen LogP contribution in [0.4, 0.5) is 5.69 Å². The van der Waals surface area contributed by atoms with Crippen LogP contribution in [-0.4, -0.2) is 24.2 Å². The Balaban J connectivity index is 1.87. The van der Waals surface area contributed by atoms with Crippen LogP contribution in [-0.2, 0) is 11.2 Å².